The summed E-state index contributed by atoms with van der Waals surface area (Å²) in [7, 11) is 0. The first-order valence-electron chi connectivity index (χ1n) is 11.9. The Labute approximate surface area is 200 Å². The molecule has 0 bridgehead atoms. The van der Waals surface area contributed by atoms with Crippen molar-refractivity contribution < 1.29 is 8.78 Å². The summed E-state index contributed by atoms with van der Waals surface area (Å²) in [5, 5.41) is 3.34. The molecule has 1 aliphatic rings. The Morgan fingerprint density at radius 1 is 0.824 bits per heavy atom. The fourth-order valence-corrected chi connectivity index (χ4v) is 4.32. The maximum absolute atomic E-state index is 13.6. The van der Waals surface area contributed by atoms with E-state index in [1.807, 2.05) is 24.3 Å². The number of nitrogens with one attached hydrogen (secondary N) is 1. The van der Waals surface area contributed by atoms with Crippen molar-refractivity contribution in [3.63, 3.8) is 0 Å². The Morgan fingerprint density at radius 2 is 1.44 bits per heavy atom. The number of nitrogens with zero attached hydrogens (tertiary/aromatic N) is 2. The summed E-state index contributed by atoms with van der Waals surface area (Å²) in [6.45, 7) is 8.06. The average molecular weight is 460 g/mol. The number of pyridine rings is 1. The SMILES string of the molecule is CCN(CC)CCC1C=C(c2ccc(F)cc2)C(c2ccnc(NCc3ccc(F)cc3)c2)=C1. The van der Waals surface area contributed by atoms with Gasteiger partial charge < -0.3 is 10.2 Å². The Kier molecular flexibility index (Phi) is 7.86. The van der Waals surface area contributed by atoms with Crippen LogP contribution in [0.15, 0.2) is 79.0 Å². The molecular formula is C29H31F2N3. The second kappa shape index (κ2) is 11.2. The van der Waals surface area contributed by atoms with Crippen LogP contribution in [-0.4, -0.2) is 29.5 Å². The van der Waals surface area contributed by atoms with Crippen molar-refractivity contribution in [1.82, 2.24) is 9.88 Å². The molecule has 5 heteroatoms. The molecule has 0 fully saturated rings. The molecule has 3 nitrogen and oxygen atoms in total. The molecule has 3 aromatic rings. The van der Waals surface area contributed by atoms with E-state index in [0.29, 0.717) is 12.5 Å². The standard InChI is InChI=1S/C29H31F2N3/c1-3-34(4-2)16-14-22-17-27(23-7-11-26(31)12-8-23)28(18-22)24-13-15-32-29(19-24)33-20-21-5-9-25(30)10-6-21/h5-13,15,17-19,22H,3-4,14,16,20H2,1-2H3,(H,32,33). The van der Waals surface area contributed by atoms with E-state index in [1.165, 1.54) is 24.3 Å². The van der Waals surface area contributed by atoms with Crippen LogP contribution in [0.1, 0.15) is 37.0 Å². The summed E-state index contributed by atoms with van der Waals surface area (Å²) in [5.74, 6) is 0.599. The van der Waals surface area contributed by atoms with E-state index in [0.717, 1.165) is 59.7 Å². The van der Waals surface area contributed by atoms with Crippen molar-refractivity contribution in [1.29, 1.82) is 0 Å². The Bertz CT molecular complexity index is 1150. The van der Waals surface area contributed by atoms with Crippen LogP contribution in [0, 0.1) is 17.6 Å². The minimum Gasteiger partial charge on any atom is -0.366 e. The molecule has 0 amide bonds. The lowest BCUT2D eigenvalue weighted by molar-refractivity contribution is 0.293. The van der Waals surface area contributed by atoms with Crippen molar-refractivity contribution >= 4 is 17.0 Å². The van der Waals surface area contributed by atoms with E-state index in [9.17, 15) is 8.78 Å². The van der Waals surface area contributed by atoms with E-state index in [2.05, 4.69) is 41.2 Å². The van der Waals surface area contributed by atoms with Gasteiger partial charge in [0.2, 0.25) is 0 Å². The number of hydrogen-bond acceptors (Lipinski definition) is 3. The summed E-state index contributed by atoms with van der Waals surface area (Å²) in [6.07, 6.45) is 7.46. The Hall–Kier alpha value is -3.31. The second-order valence-electron chi connectivity index (χ2n) is 8.56. The van der Waals surface area contributed by atoms with Crippen LogP contribution in [0.4, 0.5) is 14.6 Å². The highest BCUT2D eigenvalue weighted by atomic mass is 19.1. The Morgan fingerprint density at radius 3 is 2.09 bits per heavy atom. The van der Waals surface area contributed by atoms with Gasteiger partial charge in [-0.05, 0) is 96.2 Å². The first-order chi connectivity index (χ1) is 16.6. The molecule has 1 aromatic heterocycles. The van der Waals surface area contributed by atoms with E-state index in [1.54, 1.807) is 18.3 Å². The van der Waals surface area contributed by atoms with E-state index in [-0.39, 0.29) is 11.6 Å². The topological polar surface area (TPSA) is 28.2 Å². The van der Waals surface area contributed by atoms with Gasteiger partial charge in [0.15, 0.2) is 0 Å². The summed E-state index contributed by atoms with van der Waals surface area (Å²) in [4.78, 5) is 6.90. The fourth-order valence-electron chi connectivity index (χ4n) is 4.32. The zero-order valence-corrected chi connectivity index (χ0v) is 19.8. The third-order valence-electron chi connectivity index (χ3n) is 6.34. The number of benzene rings is 2. The summed E-state index contributed by atoms with van der Waals surface area (Å²) in [5.41, 5.74) is 5.33. The molecule has 1 N–H and O–H groups in total. The molecule has 1 atom stereocenters. The molecular weight excluding hydrogens is 428 g/mol. The van der Waals surface area contributed by atoms with E-state index >= 15 is 0 Å². The normalized spacial score (nSPS) is 15.4. The van der Waals surface area contributed by atoms with Crippen LogP contribution in [0.25, 0.3) is 11.1 Å². The smallest absolute Gasteiger partial charge is 0.126 e. The minimum absolute atomic E-state index is 0.234. The third kappa shape index (κ3) is 5.97. The van der Waals surface area contributed by atoms with Gasteiger partial charge in [-0.1, -0.05) is 50.3 Å². The van der Waals surface area contributed by atoms with Crippen LogP contribution in [0.3, 0.4) is 0 Å². The lowest BCUT2D eigenvalue weighted by atomic mass is 9.95. The van der Waals surface area contributed by atoms with Crippen molar-refractivity contribution in [2.45, 2.75) is 26.8 Å². The lowest BCUT2D eigenvalue weighted by Crippen LogP contribution is -2.25. The van der Waals surface area contributed by atoms with Crippen LogP contribution >= 0.6 is 0 Å². The molecule has 2 aromatic carbocycles. The Balaban J connectivity index is 1.57. The number of allylic oxidation sites excluding steroid dienone is 4. The highest BCUT2D eigenvalue weighted by Crippen LogP contribution is 2.40. The van der Waals surface area contributed by atoms with Gasteiger partial charge in [0, 0.05) is 12.7 Å². The third-order valence-corrected chi connectivity index (χ3v) is 6.34. The largest absolute Gasteiger partial charge is 0.366 e. The van der Waals surface area contributed by atoms with Crippen molar-refractivity contribution in [2.24, 2.45) is 5.92 Å². The van der Waals surface area contributed by atoms with Gasteiger partial charge in [-0.3, -0.25) is 0 Å². The van der Waals surface area contributed by atoms with Crippen LogP contribution in [0.5, 0.6) is 0 Å². The van der Waals surface area contributed by atoms with Gasteiger partial charge in [-0.25, -0.2) is 13.8 Å². The molecule has 34 heavy (non-hydrogen) atoms. The number of hydrogen-bond donors (Lipinski definition) is 1. The van der Waals surface area contributed by atoms with Gasteiger partial charge in [0.05, 0.1) is 0 Å². The second-order valence-corrected chi connectivity index (χ2v) is 8.56. The maximum atomic E-state index is 13.6. The van der Waals surface area contributed by atoms with Crippen LogP contribution in [-0.2, 0) is 6.54 Å². The summed E-state index contributed by atoms with van der Waals surface area (Å²) >= 11 is 0. The number of aromatic nitrogens is 1. The molecule has 1 heterocycles. The summed E-state index contributed by atoms with van der Waals surface area (Å²) < 4.78 is 26.8. The zero-order valence-electron chi connectivity index (χ0n) is 19.8. The van der Waals surface area contributed by atoms with E-state index < -0.39 is 0 Å². The van der Waals surface area contributed by atoms with Crippen LogP contribution < -0.4 is 5.32 Å². The van der Waals surface area contributed by atoms with E-state index in [4.69, 9.17) is 0 Å². The van der Waals surface area contributed by atoms with Gasteiger partial charge in [-0.2, -0.15) is 0 Å². The average Bonchev–Trinajstić information content (AvgIpc) is 3.29. The molecule has 1 unspecified atom stereocenters. The molecule has 0 aliphatic heterocycles. The van der Waals surface area contributed by atoms with Crippen molar-refractivity contribution in [3.8, 4) is 0 Å². The number of anilines is 1. The van der Waals surface area contributed by atoms with Crippen molar-refractivity contribution in [2.75, 3.05) is 25.0 Å². The lowest BCUT2D eigenvalue weighted by Gasteiger charge is -2.18. The molecule has 4 rings (SSSR count). The highest BCUT2D eigenvalue weighted by Gasteiger charge is 2.21. The fraction of sp³-hybridized carbons (Fsp3) is 0.276. The molecule has 176 valence electrons. The molecule has 0 spiro atoms. The molecule has 0 saturated carbocycles. The molecule has 1 aliphatic carbocycles. The zero-order chi connectivity index (χ0) is 23.9. The van der Waals surface area contributed by atoms with Gasteiger partial charge >= 0.3 is 0 Å². The predicted octanol–water partition coefficient (Wildman–Crippen LogP) is 6.80. The number of rotatable bonds is 10. The highest BCUT2D eigenvalue weighted by molar-refractivity contribution is 6.07. The maximum Gasteiger partial charge on any atom is 0.126 e. The van der Waals surface area contributed by atoms with Gasteiger partial charge in [0.1, 0.15) is 17.5 Å². The molecule has 0 radical (unpaired) electrons. The van der Waals surface area contributed by atoms with Crippen molar-refractivity contribution in [3.05, 3.63) is 107 Å². The number of halogens is 2. The first kappa shape index (κ1) is 23.8. The predicted molar refractivity (Wildman–Crippen MR) is 136 cm³/mol. The van der Waals surface area contributed by atoms with Gasteiger partial charge in [-0.15, -0.1) is 0 Å². The quantitative estimate of drug-likeness (QED) is 0.361. The monoisotopic (exact) mass is 459 g/mol. The van der Waals surface area contributed by atoms with Gasteiger partial charge in [0.25, 0.3) is 0 Å². The first-order valence-corrected chi connectivity index (χ1v) is 11.9. The summed E-state index contributed by atoms with van der Waals surface area (Å²) in [6, 6.07) is 17.2. The molecule has 0 saturated heterocycles. The van der Waals surface area contributed by atoms with Crippen LogP contribution in [0.2, 0.25) is 0 Å². The minimum atomic E-state index is -0.243.